The van der Waals surface area contributed by atoms with Crippen LogP contribution in [0.15, 0.2) is 36.4 Å². The van der Waals surface area contributed by atoms with Crippen molar-refractivity contribution in [2.75, 3.05) is 22.9 Å². The molecule has 0 atom stereocenters. The van der Waals surface area contributed by atoms with Crippen molar-refractivity contribution in [2.45, 2.75) is 6.42 Å². The highest BCUT2D eigenvalue weighted by Crippen LogP contribution is 2.40. The van der Waals surface area contributed by atoms with E-state index in [0.717, 1.165) is 17.8 Å². The Morgan fingerprint density at radius 2 is 0.730 bits per heavy atom. The highest BCUT2D eigenvalue weighted by atomic mass is 19.2. The molecule has 4 aromatic carbocycles. The molecular weight excluding hydrogens is 508 g/mol. The largest absolute Gasteiger partial charge is 0.399 e. The Labute approximate surface area is 204 Å². The summed E-state index contributed by atoms with van der Waals surface area (Å²) in [4.78, 5) is 0. The molecular formula is C25H16F8N4. The van der Waals surface area contributed by atoms with E-state index in [2.05, 4.69) is 12.1 Å². The number of fused-ring (bicyclic) bond motifs is 3. The fourth-order valence-electron chi connectivity index (χ4n) is 3.99. The van der Waals surface area contributed by atoms with Gasteiger partial charge >= 0.3 is 0 Å². The van der Waals surface area contributed by atoms with E-state index >= 15 is 0 Å². The molecule has 0 unspecified atom stereocenters. The number of nitrogens with two attached hydrogens (primary N) is 4. The summed E-state index contributed by atoms with van der Waals surface area (Å²) in [5.41, 5.74) is 20.6. The van der Waals surface area contributed by atoms with E-state index in [9.17, 15) is 35.1 Å². The standard InChI is InChI=1S/C13H12N2.C12H4F8N2/c14-10-1-3-12-8(6-10)5-9-7-11(15)2-4-13(9)12;13-3-1(4(14)8(18)11(21)7(3)17)2-5(15)9(19)12(22)10(20)6(2)16/h1-4,6-7H,5,14-15H2;21-22H2. The molecule has 0 aliphatic heterocycles. The first-order chi connectivity index (χ1) is 17.3. The molecule has 8 N–H and O–H groups in total. The van der Waals surface area contributed by atoms with Crippen LogP contribution in [0.2, 0.25) is 0 Å². The molecule has 0 aromatic heterocycles. The second-order valence-electron chi connectivity index (χ2n) is 8.10. The van der Waals surface area contributed by atoms with Gasteiger partial charge in [0, 0.05) is 11.4 Å². The molecule has 0 spiro atoms. The summed E-state index contributed by atoms with van der Waals surface area (Å²) in [7, 11) is 0. The maximum atomic E-state index is 13.6. The lowest BCUT2D eigenvalue weighted by atomic mass is 10.0. The van der Waals surface area contributed by atoms with Crippen LogP contribution in [-0.2, 0) is 6.42 Å². The second-order valence-corrected chi connectivity index (χ2v) is 8.10. The number of rotatable bonds is 1. The number of nitrogen functional groups attached to an aromatic ring is 4. The predicted molar refractivity (Wildman–Crippen MR) is 124 cm³/mol. The zero-order chi connectivity index (χ0) is 27.3. The van der Waals surface area contributed by atoms with Crippen LogP contribution in [0, 0.1) is 46.5 Å². The predicted octanol–water partition coefficient (Wildman–Crippen LogP) is 6.05. The minimum Gasteiger partial charge on any atom is -0.399 e. The molecule has 1 aliphatic rings. The summed E-state index contributed by atoms with van der Waals surface area (Å²) in [5, 5.41) is 0. The number of hydrogen-bond donors (Lipinski definition) is 4. The van der Waals surface area contributed by atoms with Gasteiger partial charge in [0.15, 0.2) is 46.5 Å². The Morgan fingerprint density at radius 1 is 0.432 bits per heavy atom. The lowest BCUT2D eigenvalue weighted by Gasteiger charge is -2.13. The fraction of sp³-hybridized carbons (Fsp3) is 0.0400. The molecule has 0 fully saturated rings. The van der Waals surface area contributed by atoms with E-state index < -0.39 is 69.0 Å². The van der Waals surface area contributed by atoms with Gasteiger partial charge in [0.2, 0.25) is 0 Å². The molecule has 192 valence electrons. The molecule has 0 heterocycles. The Hall–Kier alpha value is -4.48. The van der Waals surface area contributed by atoms with Crippen LogP contribution in [0.1, 0.15) is 11.1 Å². The smallest absolute Gasteiger partial charge is 0.185 e. The Morgan fingerprint density at radius 3 is 1.03 bits per heavy atom. The van der Waals surface area contributed by atoms with Crippen molar-refractivity contribution < 1.29 is 35.1 Å². The molecule has 4 aromatic rings. The zero-order valence-corrected chi connectivity index (χ0v) is 18.5. The third kappa shape index (κ3) is 4.13. The van der Waals surface area contributed by atoms with E-state index in [1.807, 2.05) is 24.3 Å². The van der Waals surface area contributed by atoms with Crippen molar-refractivity contribution in [2.24, 2.45) is 0 Å². The maximum Gasteiger partial charge on any atom is 0.185 e. The highest BCUT2D eigenvalue weighted by molar-refractivity contribution is 5.79. The minimum absolute atomic E-state index is 0.828. The number of benzene rings is 4. The van der Waals surface area contributed by atoms with E-state index in [1.54, 1.807) is 0 Å². The van der Waals surface area contributed by atoms with Gasteiger partial charge in [-0.05, 0) is 52.9 Å². The zero-order valence-electron chi connectivity index (χ0n) is 18.5. The molecule has 0 amide bonds. The molecule has 12 heteroatoms. The summed E-state index contributed by atoms with van der Waals surface area (Å²) in [6, 6.07) is 12.2. The van der Waals surface area contributed by atoms with Crippen LogP contribution in [0.25, 0.3) is 22.3 Å². The summed E-state index contributed by atoms with van der Waals surface area (Å²) in [5.74, 6) is -18.0. The van der Waals surface area contributed by atoms with Crippen LogP contribution < -0.4 is 22.9 Å². The van der Waals surface area contributed by atoms with Gasteiger partial charge < -0.3 is 22.9 Å². The lowest BCUT2D eigenvalue weighted by Crippen LogP contribution is -2.10. The SMILES string of the molecule is Nc1c(F)c(F)c(-c2c(F)c(F)c(N)c(F)c2F)c(F)c1F.Nc1ccc2c(c1)Cc1cc(N)ccc1-2. The van der Waals surface area contributed by atoms with Gasteiger partial charge in [0.1, 0.15) is 11.4 Å². The second kappa shape index (κ2) is 9.19. The van der Waals surface area contributed by atoms with Gasteiger partial charge in [-0.3, -0.25) is 0 Å². The van der Waals surface area contributed by atoms with Crippen LogP contribution in [0.4, 0.5) is 57.9 Å². The van der Waals surface area contributed by atoms with E-state index in [0.29, 0.717) is 0 Å². The third-order valence-electron chi connectivity index (χ3n) is 5.77. The first kappa shape index (κ1) is 25.6. The van der Waals surface area contributed by atoms with Crippen LogP contribution >= 0.6 is 0 Å². The van der Waals surface area contributed by atoms with Crippen molar-refractivity contribution in [3.63, 3.8) is 0 Å². The van der Waals surface area contributed by atoms with Crippen molar-refractivity contribution in [3.8, 4) is 22.3 Å². The lowest BCUT2D eigenvalue weighted by molar-refractivity contribution is 0.447. The van der Waals surface area contributed by atoms with Gasteiger partial charge in [0.25, 0.3) is 0 Å². The van der Waals surface area contributed by atoms with Crippen molar-refractivity contribution in [1.82, 2.24) is 0 Å². The molecule has 0 saturated carbocycles. The van der Waals surface area contributed by atoms with Gasteiger partial charge in [-0.2, -0.15) is 0 Å². The fourth-order valence-corrected chi connectivity index (χ4v) is 3.99. The van der Waals surface area contributed by atoms with E-state index in [-0.39, 0.29) is 0 Å². The average molecular weight is 524 g/mol. The van der Waals surface area contributed by atoms with Crippen LogP contribution in [0.5, 0.6) is 0 Å². The summed E-state index contributed by atoms with van der Waals surface area (Å²) < 4.78 is 108. The first-order valence-corrected chi connectivity index (χ1v) is 10.3. The quantitative estimate of drug-likeness (QED) is 0.122. The van der Waals surface area contributed by atoms with Gasteiger partial charge in [-0.1, -0.05) is 12.1 Å². The average Bonchev–Trinajstić information content (AvgIpc) is 3.22. The first-order valence-electron chi connectivity index (χ1n) is 10.3. The molecule has 37 heavy (non-hydrogen) atoms. The Kier molecular flexibility index (Phi) is 6.36. The van der Waals surface area contributed by atoms with E-state index in [1.165, 1.54) is 22.3 Å². The summed E-state index contributed by atoms with van der Waals surface area (Å²) >= 11 is 0. The topological polar surface area (TPSA) is 104 Å². The normalized spacial score (nSPS) is 11.6. The highest BCUT2D eigenvalue weighted by Gasteiger charge is 2.33. The van der Waals surface area contributed by atoms with Gasteiger partial charge in [0.05, 0.1) is 11.1 Å². The maximum absolute atomic E-state index is 13.6. The Bertz CT molecular complexity index is 1410. The van der Waals surface area contributed by atoms with E-state index in [4.69, 9.17) is 22.9 Å². The third-order valence-corrected chi connectivity index (χ3v) is 5.77. The molecule has 0 radical (unpaired) electrons. The molecule has 0 bridgehead atoms. The number of halogens is 8. The molecule has 0 saturated heterocycles. The van der Waals surface area contributed by atoms with Gasteiger partial charge in [-0.15, -0.1) is 0 Å². The van der Waals surface area contributed by atoms with Crippen LogP contribution in [-0.4, -0.2) is 0 Å². The molecule has 5 rings (SSSR count). The molecule has 1 aliphatic carbocycles. The molecule has 4 nitrogen and oxygen atoms in total. The minimum atomic E-state index is -2.32. The Balaban J connectivity index is 0.000000184. The van der Waals surface area contributed by atoms with Crippen molar-refractivity contribution in [3.05, 3.63) is 94.1 Å². The number of anilines is 4. The van der Waals surface area contributed by atoms with Crippen LogP contribution in [0.3, 0.4) is 0 Å². The number of hydrogen-bond acceptors (Lipinski definition) is 4. The monoisotopic (exact) mass is 524 g/mol. The van der Waals surface area contributed by atoms with Crippen molar-refractivity contribution >= 4 is 22.7 Å². The van der Waals surface area contributed by atoms with Crippen molar-refractivity contribution in [1.29, 1.82) is 0 Å². The van der Waals surface area contributed by atoms with Gasteiger partial charge in [-0.25, -0.2) is 35.1 Å². The summed E-state index contributed by atoms with van der Waals surface area (Å²) in [6.45, 7) is 0. The summed E-state index contributed by atoms with van der Waals surface area (Å²) in [6.07, 6.45) is 0.945.